The van der Waals surface area contributed by atoms with E-state index in [1.165, 1.54) is 25.9 Å². The van der Waals surface area contributed by atoms with Gasteiger partial charge in [-0.2, -0.15) is 0 Å². The second-order valence-corrected chi connectivity index (χ2v) is 8.34. The first-order valence-electron chi connectivity index (χ1n) is 10.6. The van der Waals surface area contributed by atoms with Crippen molar-refractivity contribution in [3.8, 4) is 0 Å². The molecule has 0 spiro atoms. The second kappa shape index (κ2) is 11.8. The van der Waals surface area contributed by atoms with E-state index in [9.17, 15) is 0 Å². The summed E-state index contributed by atoms with van der Waals surface area (Å²) in [4.78, 5) is 9.85. The summed E-state index contributed by atoms with van der Waals surface area (Å²) < 4.78 is 5.92. The summed E-state index contributed by atoms with van der Waals surface area (Å²) >= 11 is 0. The van der Waals surface area contributed by atoms with Crippen LogP contribution in [0, 0.1) is 11.8 Å². The summed E-state index contributed by atoms with van der Waals surface area (Å²) in [6.07, 6.45) is 2.92. The maximum absolute atomic E-state index is 5.92. The molecule has 6 nitrogen and oxygen atoms in total. The number of aliphatic imine (C=N–C) groups is 1. The van der Waals surface area contributed by atoms with E-state index in [0.29, 0.717) is 5.92 Å². The van der Waals surface area contributed by atoms with E-state index < -0.39 is 0 Å². The van der Waals surface area contributed by atoms with Crippen LogP contribution in [0.15, 0.2) is 4.99 Å². The third-order valence-corrected chi connectivity index (χ3v) is 5.11. The van der Waals surface area contributed by atoms with Gasteiger partial charge in [-0.15, -0.1) is 0 Å². The molecular weight excluding hydrogens is 326 g/mol. The maximum Gasteiger partial charge on any atom is 0.191 e. The van der Waals surface area contributed by atoms with Crippen molar-refractivity contribution >= 4 is 5.96 Å². The average molecular weight is 368 g/mol. The van der Waals surface area contributed by atoms with Crippen molar-refractivity contribution in [2.45, 2.75) is 46.6 Å². The molecule has 152 valence electrons. The predicted molar refractivity (Wildman–Crippen MR) is 110 cm³/mol. The number of hydrogen-bond donors (Lipinski definition) is 2. The molecule has 0 aromatic carbocycles. The highest BCUT2D eigenvalue weighted by Gasteiger charge is 2.21. The van der Waals surface area contributed by atoms with Gasteiger partial charge < -0.3 is 20.3 Å². The Morgan fingerprint density at radius 1 is 1.19 bits per heavy atom. The number of piperidine rings is 1. The molecule has 2 fully saturated rings. The molecule has 2 aliphatic heterocycles. The van der Waals surface area contributed by atoms with Crippen LogP contribution >= 0.6 is 0 Å². The molecule has 2 atom stereocenters. The van der Waals surface area contributed by atoms with E-state index in [2.05, 4.69) is 48.1 Å². The van der Waals surface area contributed by atoms with Crippen LogP contribution < -0.4 is 10.6 Å². The largest absolute Gasteiger partial charge is 0.374 e. The maximum atomic E-state index is 5.92. The fraction of sp³-hybridized carbons (Fsp3) is 0.950. The Bertz CT molecular complexity index is 415. The Hall–Kier alpha value is -0.850. The first-order chi connectivity index (χ1) is 12.6. The highest BCUT2D eigenvalue weighted by atomic mass is 16.5. The molecule has 6 heteroatoms. The minimum Gasteiger partial charge on any atom is -0.374 e. The molecule has 0 saturated carbocycles. The van der Waals surface area contributed by atoms with Crippen LogP contribution in [0.4, 0.5) is 0 Å². The molecule has 2 N–H and O–H groups in total. The highest BCUT2D eigenvalue weighted by molar-refractivity contribution is 5.79. The van der Waals surface area contributed by atoms with Gasteiger partial charge in [0.25, 0.3) is 0 Å². The first-order valence-corrected chi connectivity index (χ1v) is 10.6. The van der Waals surface area contributed by atoms with E-state index in [4.69, 9.17) is 9.73 Å². The summed E-state index contributed by atoms with van der Waals surface area (Å²) in [5, 5.41) is 6.86. The number of likely N-dealkylation sites (tertiary alicyclic amines) is 1. The molecule has 2 unspecified atom stereocenters. The van der Waals surface area contributed by atoms with E-state index in [-0.39, 0.29) is 6.10 Å². The number of nitrogens with zero attached hydrogens (tertiary/aromatic N) is 3. The normalized spacial score (nSPS) is 26.3. The number of hydrogen-bond acceptors (Lipinski definition) is 4. The monoisotopic (exact) mass is 367 g/mol. The quantitative estimate of drug-likeness (QED) is 0.504. The predicted octanol–water partition coefficient (Wildman–Crippen LogP) is 1.63. The van der Waals surface area contributed by atoms with Crippen LogP contribution in [0.25, 0.3) is 0 Å². The summed E-state index contributed by atoms with van der Waals surface area (Å²) in [6, 6.07) is 0. The van der Waals surface area contributed by atoms with Gasteiger partial charge in [0.2, 0.25) is 0 Å². The van der Waals surface area contributed by atoms with E-state index in [1.807, 2.05) is 0 Å². The van der Waals surface area contributed by atoms with Gasteiger partial charge in [0.05, 0.1) is 19.3 Å². The third-order valence-electron chi connectivity index (χ3n) is 5.11. The number of nitrogens with one attached hydrogen (secondary N) is 2. The zero-order valence-electron chi connectivity index (χ0n) is 17.5. The van der Waals surface area contributed by atoms with Gasteiger partial charge in [0.15, 0.2) is 5.96 Å². The lowest BCUT2D eigenvalue weighted by atomic mass is 10.0. The molecule has 0 aromatic rings. The summed E-state index contributed by atoms with van der Waals surface area (Å²) in [5.74, 6) is 2.46. The van der Waals surface area contributed by atoms with Crippen LogP contribution in [0.1, 0.15) is 40.5 Å². The van der Waals surface area contributed by atoms with Gasteiger partial charge in [-0.05, 0) is 38.1 Å². The van der Waals surface area contributed by atoms with Crippen LogP contribution in [0.3, 0.4) is 0 Å². The van der Waals surface area contributed by atoms with Crippen molar-refractivity contribution in [2.24, 2.45) is 16.8 Å². The molecule has 0 bridgehead atoms. The summed E-state index contributed by atoms with van der Waals surface area (Å²) in [5.41, 5.74) is 0. The number of ether oxygens (including phenoxy) is 1. The summed E-state index contributed by atoms with van der Waals surface area (Å²) in [7, 11) is 0. The Labute approximate surface area is 160 Å². The van der Waals surface area contributed by atoms with Gasteiger partial charge in [0.1, 0.15) is 0 Å². The molecule has 0 amide bonds. The fourth-order valence-corrected chi connectivity index (χ4v) is 3.93. The fourth-order valence-electron chi connectivity index (χ4n) is 3.93. The first kappa shape index (κ1) is 21.5. The molecule has 0 aliphatic carbocycles. The van der Waals surface area contributed by atoms with Gasteiger partial charge >= 0.3 is 0 Å². The summed E-state index contributed by atoms with van der Waals surface area (Å²) in [6.45, 7) is 19.2. The van der Waals surface area contributed by atoms with Crippen LogP contribution in [-0.4, -0.2) is 87.4 Å². The van der Waals surface area contributed by atoms with E-state index >= 15 is 0 Å². The van der Waals surface area contributed by atoms with Gasteiger partial charge in [-0.25, -0.2) is 0 Å². The van der Waals surface area contributed by atoms with Crippen molar-refractivity contribution in [3.05, 3.63) is 0 Å². The van der Waals surface area contributed by atoms with Crippen LogP contribution in [0.2, 0.25) is 0 Å². The SMILES string of the molecule is CCNC(=NCC1CN(CC(C)C)CCO1)NCCN1CCCC(C)C1. The Kier molecular flexibility index (Phi) is 9.72. The number of guanidine groups is 1. The van der Waals surface area contributed by atoms with Crippen molar-refractivity contribution < 1.29 is 4.74 Å². The highest BCUT2D eigenvalue weighted by Crippen LogP contribution is 2.14. The zero-order valence-corrected chi connectivity index (χ0v) is 17.5. The standard InChI is InChI=1S/C20H41N5O/c1-5-21-20(22-8-10-24-9-6-7-18(4)15-24)23-13-19-16-25(11-12-26-19)14-17(2)3/h17-19H,5-16H2,1-4H3,(H2,21,22,23). The molecule has 0 radical (unpaired) electrons. The van der Waals surface area contributed by atoms with Crippen molar-refractivity contribution in [3.63, 3.8) is 0 Å². The molecule has 2 aliphatic rings. The van der Waals surface area contributed by atoms with Crippen LogP contribution in [0.5, 0.6) is 0 Å². The van der Waals surface area contributed by atoms with Crippen molar-refractivity contribution in [1.82, 2.24) is 20.4 Å². The Balaban J connectivity index is 1.73. The molecule has 2 rings (SSSR count). The molecule has 2 saturated heterocycles. The minimum absolute atomic E-state index is 0.209. The third kappa shape index (κ3) is 8.23. The lowest BCUT2D eigenvalue weighted by Crippen LogP contribution is -2.46. The van der Waals surface area contributed by atoms with Crippen LogP contribution in [-0.2, 0) is 4.74 Å². The Morgan fingerprint density at radius 3 is 2.77 bits per heavy atom. The zero-order chi connectivity index (χ0) is 18.8. The van der Waals surface area contributed by atoms with E-state index in [0.717, 1.165) is 64.3 Å². The van der Waals surface area contributed by atoms with Gasteiger partial charge in [-0.1, -0.05) is 20.8 Å². The molecule has 2 heterocycles. The number of morpholine rings is 1. The lowest BCUT2D eigenvalue weighted by molar-refractivity contribution is -0.0261. The molecule has 0 aromatic heterocycles. The smallest absolute Gasteiger partial charge is 0.191 e. The Morgan fingerprint density at radius 2 is 2.04 bits per heavy atom. The lowest BCUT2D eigenvalue weighted by Gasteiger charge is -2.33. The van der Waals surface area contributed by atoms with Gasteiger partial charge in [-0.3, -0.25) is 9.89 Å². The minimum atomic E-state index is 0.209. The molecular formula is C20H41N5O. The average Bonchev–Trinajstić information content (AvgIpc) is 2.59. The topological polar surface area (TPSA) is 52.1 Å². The second-order valence-electron chi connectivity index (χ2n) is 8.34. The molecule has 26 heavy (non-hydrogen) atoms. The number of rotatable bonds is 8. The van der Waals surface area contributed by atoms with E-state index in [1.54, 1.807) is 0 Å². The van der Waals surface area contributed by atoms with Gasteiger partial charge in [0, 0.05) is 45.8 Å². The van der Waals surface area contributed by atoms with Crippen molar-refractivity contribution in [1.29, 1.82) is 0 Å². The van der Waals surface area contributed by atoms with Crippen molar-refractivity contribution in [2.75, 3.05) is 65.5 Å².